The molecule has 1 saturated heterocycles. The minimum atomic E-state index is -4.62. The topological polar surface area (TPSA) is 94.0 Å². The molecule has 3 atom stereocenters. The van der Waals surface area contributed by atoms with Crippen LogP contribution in [0.15, 0.2) is 21.4 Å². The van der Waals surface area contributed by atoms with E-state index in [1.807, 2.05) is 0 Å². The van der Waals surface area contributed by atoms with E-state index in [0.717, 1.165) is 29.9 Å². The monoisotopic (exact) mass is 464 g/mol. The first kappa shape index (κ1) is 22.3. The van der Waals surface area contributed by atoms with Gasteiger partial charge in [0, 0.05) is 24.5 Å². The van der Waals surface area contributed by atoms with Crippen molar-refractivity contribution in [3.8, 4) is 0 Å². The minimum Gasteiger partial charge on any atom is -0.395 e. The van der Waals surface area contributed by atoms with Gasteiger partial charge < -0.3 is 20.6 Å². The Balaban J connectivity index is 1.73. The molecule has 1 aliphatic carbocycles. The number of alkyl halides is 3. The minimum absolute atomic E-state index is 0.0531. The summed E-state index contributed by atoms with van der Waals surface area (Å²) in [7, 11) is -4.23. The van der Waals surface area contributed by atoms with Gasteiger partial charge in [-0.1, -0.05) is 0 Å². The zero-order valence-electron chi connectivity index (χ0n) is 16.8. The normalized spacial score (nSPS) is 26.6. The largest absolute Gasteiger partial charge is 0.408 e. The predicted molar refractivity (Wildman–Crippen MR) is 107 cm³/mol. The number of amidine groups is 1. The molecule has 0 unspecified atom stereocenters. The summed E-state index contributed by atoms with van der Waals surface area (Å²) in [6, 6.07) is -1.07. The maximum Gasteiger partial charge on any atom is 0.408 e. The predicted octanol–water partition coefficient (Wildman–Crippen LogP) is 2.62. The third kappa shape index (κ3) is 4.51. The Morgan fingerprint density at radius 3 is 2.65 bits per heavy atom. The Morgan fingerprint density at radius 2 is 2.03 bits per heavy atom. The zero-order chi connectivity index (χ0) is 22.6. The third-order valence-corrected chi connectivity index (χ3v) is 7.16. The number of anilines is 2. The van der Waals surface area contributed by atoms with Crippen LogP contribution in [0.1, 0.15) is 32.6 Å². The summed E-state index contributed by atoms with van der Waals surface area (Å²) in [5.41, 5.74) is -0.190. The van der Waals surface area contributed by atoms with Crippen molar-refractivity contribution in [2.24, 2.45) is 10.3 Å². The van der Waals surface area contributed by atoms with Crippen LogP contribution in [0.4, 0.5) is 28.9 Å². The van der Waals surface area contributed by atoms with E-state index in [1.165, 1.54) is 0 Å². The molecule has 0 radical (unpaired) electrons. The smallest absolute Gasteiger partial charge is 0.395 e. The van der Waals surface area contributed by atoms with E-state index >= 15 is 0 Å². The van der Waals surface area contributed by atoms with Crippen LogP contribution in [0.5, 0.6) is 0 Å². The van der Waals surface area contributed by atoms with Gasteiger partial charge in [-0.15, -0.1) is 4.40 Å². The van der Waals surface area contributed by atoms with Crippen LogP contribution in [-0.2, 0) is 10.0 Å². The first-order valence-corrected chi connectivity index (χ1v) is 11.6. The van der Waals surface area contributed by atoms with Gasteiger partial charge in [0.25, 0.3) is 10.0 Å². The fourth-order valence-corrected chi connectivity index (χ4v) is 5.38. The maximum atomic E-state index is 14.4. The highest BCUT2D eigenvalue weighted by Gasteiger charge is 2.48. The van der Waals surface area contributed by atoms with Gasteiger partial charge in [-0.2, -0.15) is 21.6 Å². The molecule has 0 spiro atoms. The molecular weight excluding hydrogens is 440 g/mol. The summed E-state index contributed by atoms with van der Waals surface area (Å²) >= 11 is 0. The molecule has 2 aliphatic heterocycles. The van der Waals surface area contributed by atoms with Crippen LogP contribution in [-0.4, -0.2) is 56.8 Å². The average Bonchev–Trinajstić information content (AvgIpc) is 3.52. The first-order valence-electron chi connectivity index (χ1n) is 10.2. The number of nitrogens with zero attached hydrogens (tertiary/aromatic N) is 2. The van der Waals surface area contributed by atoms with Crippen LogP contribution in [0, 0.1) is 11.7 Å². The zero-order valence-corrected chi connectivity index (χ0v) is 17.6. The number of halogens is 4. The number of nitrogens with one attached hydrogen (secondary N) is 2. The lowest BCUT2D eigenvalue weighted by Crippen LogP contribution is -2.56. The van der Waals surface area contributed by atoms with Crippen molar-refractivity contribution in [1.82, 2.24) is 5.32 Å². The van der Waals surface area contributed by atoms with Crippen LogP contribution < -0.4 is 15.5 Å². The van der Waals surface area contributed by atoms with Crippen molar-refractivity contribution in [3.63, 3.8) is 0 Å². The molecule has 0 bridgehead atoms. The highest BCUT2D eigenvalue weighted by Crippen LogP contribution is 2.44. The Bertz CT molecular complexity index is 995. The molecule has 7 nitrogen and oxygen atoms in total. The van der Waals surface area contributed by atoms with Gasteiger partial charge >= 0.3 is 6.18 Å². The van der Waals surface area contributed by atoms with Gasteiger partial charge in [0.05, 0.1) is 18.0 Å². The number of aliphatic hydroxyl groups is 1. The number of aliphatic hydroxyl groups excluding tert-OH is 1. The Kier molecular flexibility index (Phi) is 5.67. The van der Waals surface area contributed by atoms with Crippen molar-refractivity contribution in [2.45, 2.75) is 61.8 Å². The highest BCUT2D eigenvalue weighted by atomic mass is 32.2. The van der Waals surface area contributed by atoms with Crippen LogP contribution >= 0.6 is 0 Å². The molecule has 172 valence electrons. The van der Waals surface area contributed by atoms with E-state index in [9.17, 15) is 31.1 Å². The van der Waals surface area contributed by atoms with Crippen LogP contribution in [0.2, 0.25) is 0 Å². The Labute approximate surface area is 177 Å². The lowest BCUT2D eigenvalue weighted by molar-refractivity contribution is -0.154. The number of fused-ring (bicyclic) bond motifs is 1. The molecule has 1 aromatic rings. The SMILES string of the molecule is C[C@@H](CO)N[C@@H]1CCN(c2cc(F)cc3c2NC(C2CC2)=NS3(=O)=O)[C@H](C(F)(F)F)C1. The van der Waals surface area contributed by atoms with Crippen molar-refractivity contribution in [1.29, 1.82) is 0 Å². The van der Waals surface area contributed by atoms with E-state index in [4.69, 9.17) is 0 Å². The number of sulfonamides is 1. The molecule has 1 saturated carbocycles. The van der Waals surface area contributed by atoms with Gasteiger partial charge in [-0.3, -0.25) is 0 Å². The van der Waals surface area contributed by atoms with Crippen molar-refractivity contribution in [2.75, 3.05) is 23.4 Å². The number of benzene rings is 1. The van der Waals surface area contributed by atoms with Crippen molar-refractivity contribution < 1.29 is 31.1 Å². The molecule has 12 heteroatoms. The molecular formula is C19H24F4N4O3S. The van der Waals surface area contributed by atoms with Gasteiger partial charge in [0.15, 0.2) is 0 Å². The number of rotatable bonds is 5. The molecule has 31 heavy (non-hydrogen) atoms. The van der Waals surface area contributed by atoms with Crippen molar-refractivity contribution in [3.05, 3.63) is 17.9 Å². The Morgan fingerprint density at radius 1 is 1.32 bits per heavy atom. The van der Waals surface area contributed by atoms with Gasteiger partial charge in [-0.25, -0.2) is 4.39 Å². The second-order valence-corrected chi connectivity index (χ2v) is 9.94. The summed E-state index contributed by atoms with van der Waals surface area (Å²) in [6.07, 6.45) is -3.14. The third-order valence-electron chi connectivity index (χ3n) is 5.84. The number of hydrogen-bond donors (Lipinski definition) is 3. The Hall–Kier alpha value is -1.92. The quantitative estimate of drug-likeness (QED) is 0.580. The molecule has 0 aromatic heterocycles. The number of piperidine rings is 1. The van der Waals surface area contributed by atoms with E-state index in [0.29, 0.717) is 6.42 Å². The lowest BCUT2D eigenvalue weighted by atomic mass is 9.94. The van der Waals surface area contributed by atoms with E-state index in [-0.39, 0.29) is 48.7 Å². The second-order valence-electron chi connectivity index (χ2n) is 8.37. The van der Waals surface area contributed by atoms with E-state index in [2.05, 4.69) is 15.0 Å². The molecule has 3 N–H and O–H groups in total. The van der Waals surface area contributed by atoms with Crippen LogP contribution in [0.3, 0.4) is 0 Å². The van der Waals surface area contributed by atoms with Crippen molar-refractivity contribution >= 4 is 27.2 Å². The number of hydrogen-bond acceptors (Lipinski definition) is 6. The summed E-state index contributed by atoms with van der Waals surface area (Å²) < 4.78 is 85.3. The average molecular weight is 464 g/mol. The first-order chi connectivity index (χ1) is 14.5. The fraction of sp³-hybridized carbons (Fsp3) is 0.632. The summed E-state index contributed by atoms with van der Waals surface area (Å²) in [5.74, 6) is -0.842. The molecule has 2 heterocycles. The molecule has 2 fully saturated rings. The standard InChI is InChI=1S/C19H24F4N4O3S/c1-10(9-28)24-13-4-5-27(16(8-13)19(21,22)23)14-6-12(20)7-15-17(14)25-18(11-2-3-11)26-31(15,29)30/h6-7,10-11,13,16,24,28H,2-5,8-9H2,1H3,(H,25,26)/t10-,13+,16-/m0/s1. The summed E-state index contributed by atoms with van der Waals surface area (Å²) in [6.45, 7) is 1.40. The molecule has 4 rings (SSSR count). The lowest BCUT2D eigenvalue weighted by Gasteiger charge is -2.43. The van der Waals surface area contributed by atoms with E-state index in [1.54, 1.807) is 6.92 Å². The molecule has 0 amide bonds. The van der Waals surface area contributed by atoms with Crippen LogP contribution in [0.25, 0.3) is 0 Å². The summed E-state index contributed by atoms with van der Waals surface area (Å²) in [5, 5.41) is 15.1. The summed E-state index contributed by atoms with van der Waals surface area (Å²) in [4.78, 5) is 0.573. The fourth-order valence-electron chi connectivity index (χ4n) is 4.16. The van der Waals surface area contributed by atoms with Gasteiger partial charge in [0.2, 0.25) is 0 Å². The van der Waals surface area contributed by atoms with Gasteiger partial charge in [0.1, 0.15) is 22.6 Å². The van der Waals surface area contributed by atoms with Gasteiger partial charge in [-0.05, 0) is 44.7 Å². The highest BCUT2D eigenvalue weighted by molar-refractivity contribution is 7.90. The molecule has 3 aliphatic rings. The molecule has 1 aromatic carbocycles. The maximum absolute atomic E-state index is 14.4. The van der Waals surface area contributed by atoms with E-state index < -0.39 is 39.0 Å². The second kappa shape index (κ2) is 7.89.